The minimum Gasteiger partial charge on any atom is -0.310 e. The normalized spacial score (nSPS) is 12.3. The van der Waals surface area contributed by atoms with E-state index in [9.17, 15) is 0 Å². The van der Waals surface area contributed by atoms with Gasteiger partial charge in [-0.2, -0.15) is 0 Å². The second-order valence-corrected chi connectivity index (χ2v) is 6.24. The van der Waals surface area contributed by atoms with Gasteiger partial charge in [0.05, 0.1) is 5.02 Å². The Labute approximate surface area is 130 Å². The van der Waals surface area contributed by atoms with E-state index < -0.39 is 0 Å². The van der Waals surface area contributed by atoms with Gasteiger partial charge in [0.15, 0.2) is 0 Å². The third kappa shape index (κ3) is 4.02. The molecule has 1 nitrogen and oxygen atoms in total. The quantitative estimate of drug-likeness (QED) is 0.750. The molecule has 1 unspecified atom stereocenters. The molecule has 106 valence electrons. The smallest absolute Gasteiger partial charge is 0.0545 e. The van der Waals surface area contributed by atoms with Crippen LogP contribution in [-0.2, 0) is 0 Å². The van der Waals surface area contributed by atoms with E-state index in [0.717, 1.165) is 22.9 Å². The molecule has 20 heavy (non-hydrogen) atoms. The predicted octanol–water partition coefficient (Wildman–Crippen LogP) is 5.55. The van der Waals surface area contributed by atoms with E-state index in [1.807, 2.05) is 18.2 Å². The van der Waals surface area contributed by atoms with Crippen LogP contribution in [0.2, 0.25) is 5.02 Å². The largest absolute Gasteiger partial charge is 0.310 e. The molecule has 0 spiro atoms. The van der Waals surface area contributed by atoms with Gasteiger partial charge in [-0.3, -0.25) is 0 Å². The van der Waals surface area contributed by atoms with Gasteiger partial charge in [0, 0.05) is 15.8 Å². The molecule has 2 rings (SSSR count). The summed E-state index contributed by atoms with van der Waals surface area (Å²) in [5.74, 6) is 0. The number of rotatable bonds is 6. The van der Waals surface area contributed by atoms with Crippen LogP contribution in [0.4, 0.5) is 0 Å². The minimum absolute atomic E-state index is 0.348. The molecule has 0 radical (unpaired) electrons. The summed E-state index contributed by atoms with van der Waals surface area (Å²) in [7, 11) is 0. The summed E-state index contributed by atoms with van der Waals surface area (Å²) in [4.78, 5) is 2.36. The standard InChI is InChI=1S/C17H20ClNS/c1-3-12-19-13(2)14-8-4-6-10-16(14)20-17-11-7-5-9-15(17)18/h4-11,13,19H,3,12H2,1-2H3. The number of nitrogens with one attached hydrogen (secondary N) is 1. The fourth-order valence-electron chi connectivity index (χ4n) is 2.05. The summed E-state index contributed by atoms with van der Waals surface area (Å²) in [6, 6.07) is 16.9. The fraction of sp³-hybridized carbons (Fsp3) is 0.294. The zero-order valence-corrected chi connectivity index (χ0v) is 13.5. The lowest BCUT2D eigenvalue weighted by Gasteiger charge is -2.17. The van der Waals surface area contributed by atoms with Crippen molar-refractivity contribution in [2.75, 3.05) is 6.54 Å². The molecule has 0 fully saturated rings. The molecule has 0 saturated carbocycles. The van der Waals surface area contributed by atoms with E-state index in [0.29, 0.717) is 6.04 Å². The third-order valence-corrected chi connectivity index (χ3v) is 4.75. The van der Waals surface area contributed by atoms with E-state index in [1.165, 1.54) is 10.5 Å². The van der Waals surface area contributed by atoms with Crippen LogP contribution in [0, 0.1) is 0 Å². The summed E-state index contributed by atoms with van der Waals surface area (Å²) in [5, 5.41) is 4.35. The monoisotopic (exact) mass is 305 g/mol. The molecule has 3 heteroatoms. The summed E-state index contributed by atoms with van der Waals surface area (Å²) in [6.07, 6.45) is 1.14. The molecule has 0 aliphatic rings. The van der Waals surface area contributed by atoms with Crippen molar-refractivity contribution in [1.82, 2.24) is 5.32 Å². The lowest BCUT2D eigenvalue weighted by Crippen LogP contribution is -2.19. The van der Waals surface area contributed by atoms with Crippen LogP contribution >= 0.6 is 23.4 Å². The summed E-state index contributed by atoms with van der Waals surface area (Å²) in [5.41, 5.74) is 1.32. The molecule has 2 aromatic carbocycles. The van der Waals surface area contributed by atoms with Crippen molar-refractivity contribution in [2.45, 2.75) is 36.1 Å². The Bertz CT molecular complexity index is 556. The topological polar surface area (TPSA) is 12.0 Å². The van der Waals surface area contributed by atoms with Crippen molar-refractivity contribution in [3.8, 4) is 0 Å². The Hall–Kier alpha value is -0.960. The molecule has 0 heterocycles. The first kappa shape index (κ1) is 15.4. The van der Waals surface area contributed by atoms with Gasteiger partial charge in [-0.15, -0.1) is 0 Å². The van der Waals surface area contributed by atoms with Gasteiger partial charge in [0.1, 0.15) is 0 Å². The van der Waals surface area contributed by atoms with E-state index >= 15 is 0 Å². The van der Waals surface area contributed by atoms with Gasteiger partial charge in [0.2, 0.25) is 0 Å². The van der Waals surface area contributed by atoms with Crippen LogP contribution < -0.4 is 5.32 Å². The Kier molecular flexibility index (Phi) is 5.96. The Balaban J connectivity index is 2.22. The van der Waals surface area contributed by atoms with Crippen molar-refractivity contribution in [1.29, 1.82) is 0 Å². The molecule has 0 aliphatic heterocycles. The fourth-order valence-corrected chi connectivity index (χ4v) is 3.36. The molecule has 0 saturated heterocycles. The highest BCUT2D eigenvalue weighted by atomic mass is 35.5. The van der Waals surface area contributed by atoms with Crippen molar-refractivity contribution in [3.05, 3.63) is 59.1 Å². The summed E-state index contributed by atoms with van der Waals surface area (Å²) in [6.45, 7) is 5.43. The van der Waals surface area contributed by atoms with Crippen LogP contribution in [0.5, 0.6) is 0 Å². The first-order valence-electron chi connectivity index (χ1n) is 6.97. The minimum atomic E-state index is 0.348. The number of benzene rings is 2. The van der Waals surface area contributed by atoms with E-state index in [2.05, 4.69) is 49.5 Å². The van der Waals surface area contributed by atoms with Gasteiger partial charge in [-0.05, 0) is 43.7 Å². The molecule has 2 aromatic rings. The first-order valence-corrected chi connectivity index (χ1v) is 8.16. The van der Waals surface area contributed by atoms with E-state index in [1.54, 1.807) is 11.8 Å². The Morgan fingerprint density at radius 3 is 2.40 bits per heavy atom. The summed E-state index contributed by atoms with van der Waals surface area (Å²) >= 11 is 7.98. The van der Waals surface area contributed by atoms with Crippen LogP contribution in [0.1, 0.15) is 31.9 Å². The van der Waals surface area contributed by atoms with Crippen LogP contribution in [0.25, 0.3) is 0 Å². The van der Waals surface area contributed by atoms with E-state index in [4.69, 9.17) is 11.6 Å². The van der Waals surface area contributed by atoms with Crippen molar-refractivity contribution >= 4 is 23.4 Å². The highest BCUT2D eigenvalue weighted by molar-refractivity contribution is 7.99. The maximum atomic E-state index is 6.25. The number of hydrogen-bond donors (Lipinski definition) is 1. The van der Waals surface area contributed by atoms with E-state index in [-0.39, 0.29) is 0 Å². The van der Waals surface area contributed by atoms with Gasteiger partial charge >= 0.3 is 0 Å². The van der Waals surface area contributed by atoms with Gasteiger partial charge < -0.3 is 5.32 Å². The second-order valence-electron chi connectivity index (χ2n) is 4.75. The highest BCUT2D eigenvalue weighted by Gasteiger charge is 2.11. The zero-order valence-electron chi connectivity index (χ0n) is 11.9. The summed E-state index contributed by atoms with van der Waals surface area (Å²) < 4.78 is 0. The average molecular weight is 306 g/mol. The Morgan fingerprint density at radius 2 is 1.70 bits per heavy atom. The molecule has 0 aromatic heterocycles. The van der Waals surface area contributed by atoms with Crippen molar-refractivity contribution in [2.24, 2.45) is 0 Å². The lowest BCUT2D eigenvalue weighted by molar-refractivity contribution is 0.564. The Morgan fingerprint density at radius 1 is 1.05 bits per heavy atom. The SMILES string of the molecule is CCCNC(C)c1ccccc1Sc1ccccc1Cl. The molecule has 1 atom stereocenters. The molecule has 0 aliphatic carbocycles. The van der Waals surface area contributed by atoms with Gasteiger partial charge in [-0.1, -0.05) is 60.6 Å². The first-order chi connectivity index (χ1) is 9.72. The molecular formula is C17H20ClNS. The number of hydrogen-bond acceptors (Lipinski definition) is 2. The van der Waals surface area contributed by atoms with Crippen molar-refractivity contribution < 1.29 is 0 Å². The molecule has 0 amide bonds. The lowest BCUT2D eigenvalue weighted by atomic mass is 10.1. The zero-order chi connectivity index (χ0) is 14.4. The number of halogens is 1. The maximum absolute atomic E-state index is 6.25. The second kappa shape index (κ2) is 7.72. The molecule has 1 N–H and O–H groups in total. The van der Waals surface area contributed by atoms with Gasteiger partial charge in [-0.25, -0.2) is 0 Å². The van der Waals surface area contributed by atoms with Crippen LogP contribution in [0.15, 0.2) is 58.3 Å². The highest BCUT2D eigenvalue weighted by Crippen LogP contribution is 2.36. The van der Waals surface area contributed by atoms with Crippen molar-refractivity contribution in [3.63, 3.8) is 0 Å². The molecular weight excluding hydrogens is 286 g/mol. The average Bonchev–Trinajstić information content (AvgIpc) is 2.48. The van der Waals surface area contributed by atoms with Crippen LogP contribution in [-0.4, -0.2) is 6.54 Å². The third-order valence-electron chi connectivity index (χ3n) is 3.14. The predicted molar refractivity (Wildman–Crippen MR) is 88.7 cm³/mol. The van der Waals surface area contributed by atoms with Crippen LogP contribution in [0.3, 0.4) is 0 Å². The van der Waals surface area contributed by atoms with Gasteiger partial charge in [0.25, 0.3) is 0 Å². The molecule has 0 bridgehead atoms. The maximum Gasteiger partial charge on any atom is 0.0545 e.